The van der Waals surface area contributed by atoms with E-state index in [0.29, 0.717) is 12.0 Å². The molecule has 2 rings (SSSR count). The number of hydrogen-bond acceptors (Lipinski definition) is 5. The molecule has 1 aliphatic carbocycles. The Hall–Kier alpha value is -1.95. The summed E-state index contributed by atoms with van der Waals surface area (Å²) in [5, 5.41) is 10.8. The SMILES string of the molecule is CC(=O)OC[C@]1(N)CCc2ccc([N+](=O)[O-])cc21. The molecule has 0 amide bonds. The first-order chi connectivity index (χ1) is 8.42. The van der Waals surface area contributed by atoms with Gasteiger partial charge in [-0.3, -0.25) is 14.9 Å². The topological polar surface area (TPSA) is 95.5 Å². The van der Waals surface area contributed by atoms with Gasteiger partial charge in [0.2, 0.25) is 0 Å². The van der Waals surface area contributed by atoms with Gasteiger partial charge in [0.05, 0.1) is 10.5 Å². The Balaban J connectivity index is 2.32. The third-order valence-electron chi connectivity index (χ3n) is 3.21. The molecule has 0 bridgehead atoms. The summed E-state index contributed by atoms with van der Waals surface area (Å²) in [5.74, 6) is -0.404. The number of nitrogens with zero attached hydrogens (tertiary/aromatic N) is 1. The molecule has 1 aromatic rings. The Morgan fingerprint density at radius 1 is 1.61 bits per heavy atom. The second-order valence-corrected chi connectivity index (χ2v) is 4.53. The Morgan fingerprint density at radius 3 is 2.94 bits per heavy atom. The van der Waals surface area contributed by atoms with Gasteiger partial charge in [-0.2, -0.15) is 0 Å². The van der Waals surface area contributed by atoms with E-state index < -0.39 is 16.4 Å². The van der Waals surface area contributed by atoms with Crippen LogP contribution >= 0.6 is 0 Å². The molecule has 6 nitrogen and oxygen atoms in total. The standard InChI is InChI=1S/C12H14N2O4/c1-8(15)18-7-12(13)5-4-9-2-3-10(14(16)17)6-11(9)12/h2-3,6H,4-5,7,13H2,1H3/t12-/m1/s1. The molecule has 0 heterocycles. The average molecular weight is 250 g/mol. The van der Waals surface area contributed by atoms with Crippen molar-refractivity contribution in [1.29, 1.82) is 0 Å². The zero-order chi connectivity index (χ0) is 13.3. The van der Waals surface area contributed by atoms with Crippen LogP contribution in [0.1, 0.15) is 24.5 Å². The van der Waals surface area contributed by atoms with Crippen molar-refractivity contribution in [2.75, 3.05) is 6.61 Å². The van der Waals surface area contributed by atoms with Gasteiger partial charge in [-0.05, 0) is 24.0 Å². The van der Waals surface area contributed by atoms with Gasteiger partial charge < -0.3 is 10.5 Å². The molecule has 0 saturated heterocycles. The number of nitro benzene ring substituents is 1. The van der Waals surface area contributed by atoms with Crippen molar-refractivity contribution in [3.8, 4) is 0 Å². The van der Waals surface area contributed by atoms with Gasteiger partial charge in [-0.25, -0.2) is 0 Å². The van der Waals surface area contributed by atoms with Gasteiger partial charge in [-0.15, -0.1) is 0 Å². The molecular weight excluding hydrogens is 236 g/mol. The van der Waals surface area contributed by atoms with Crippen LogP contribution in [-0.4, -0.2) is 17.5 Å². The molecule has 1 atom stereocenters. The lowest BCUT2D eigenvalue weighted by Crippen LogP contribution is -2.39. The summed E-state index contributed by atoms with van der Waals surface area (Å²) in [5.41, 5.74) is 7.07. The minimum atomic E-state index is -0.812. The lowest BCUT2D eigenvalue weighted by molar-refractivity contribution is -0.385. The summed E-state index contributed by atoms with van der Waals surface area (Å²) < 4.78 is 4.95. The largest absolute Gasteiger partial charge is 0.464 e. The number of benzene rings is 1. The summed E-state index contributed by atoms with van der Waals surface area (Å²) in [4.78, 5) is 21.1. The predicted molar refractivity (Wildman–Crippen MR) is 63.9 cm³/mol. The molecule has 2 N–H and O–H groups in total. The number of fused-ring (bicyclic) bond motifs is 1. The van der Waals surface area contributed by atoms with E-state index in [1.807, 2.05) is 0 Å². The number of esters is 1. The van der Waals surface area contributed by atoms with Crippen molar-refractivity contribution in [2.45, 2.75) is 25.3 Å². The molecule has 18 heavy (non-hydrogen) atoms. The van der Waals surface area contributed by atoms with Crippen molar-refractivity contribution in [3.63, 3.8) is 0 Å². The highest BCUT2D eigenvalue weighted by atomic mass is 16.6. The first kappa shape index (κ1) is 12.5. The van der Waals surface area contributed by atoms with Gasteiger partial charge in [0.25, 0.3) is 5.69 Å². The Kier molecular flexibility index (Phi) is 3.04. The fourth-order valence-electron chi connectivity index (χ4n) is 2.23. The second-order valence-electron chi connectivity index (χ2n) is 4.53. The van der Waals surface area contributed by atoms with E-state index in [0.717, 1.165) is 12.0 Å². The van der Waals surface area contributed by atoms with Crippen LogP contribution in [0.3, 0.4) is 0 Å². The van der Waals surface area contributed by atoms with E-state index in [4.69, 9.17) is 10.5 Å². The Morgan fingerprint density at radius 2 is 2.33 bits per heavy atom. The van der Waals surface area contributed by atoms with Gasteiger partial charge in [0.1, 0.15) is 6.61 Å². The van der Waals surface area contributed by atoms with Crippen LogP contribution in [0.5, 0.6) is 0 Å². The quantitative estimate of drug-likeness (QED) is 0.495. The van der Waals surface area contributed by atoms with E-state index >= 15 is 0 Å². The molecule has 0 spiro atoms. The van der Waals surface area contributed by atoms with E-state index in [9.17, 15) is 14.9 Å². The molecule has 1 aliphatic rings. The molecule has 1 aromatic carbocycles. The molecule has 0 aromatic heterocycles. The predicted octanol–water partition coefficient (Wildman–Crippen LogP) is 1.26. The monoisotopic (exact) mass is 250 g/mol. The van der Waals surface area contributed by atoms with Crippen molar-refractivity contribution >= 4 is 11.7 Å². The maximum absolute atomic E-state index is 10.8. The van der Waals surface area contributed by atoms with Gasteiger partial charge >= 0.3 is 5.97 Å². The van der Waals surface area contributed by atoms with E-state index in [1.54, 1.807) is 6.07 Å². The number of rotatable bonds is 3. The first-order valence-electron chi connectivity index (χ1n) is 5.62. The second kappa shape index (κ2) is 4.38. The zero-order valence-electron chi connectivity index (χ0n) is 10.0. The number of aryl methyl sites for hydroxylation is 1. The molecular formula is C12H14N2O4. The highest BCUT2D eigenvalue weighted by Gasteiger charge is 2.37. The summed E-state index contributed by atoms with van der Waals surface area (Å²) in [6.07, 6.45) is 1.36. The summed E-state index contributed by atoms with van der Waals surface area (Å²) in [7, 11) is 0. The molecule has 0 saturated carbocycles. The number of carbonyl (C=O) groups excluding carboxylic acids is 1. The normalized spacial score (nSPS) is 21.4. The smallest absolute Gasteiger partial charge is 0.302 e. The third kappa shape index (κ3) is 2.19. The highest BCUT2D eigenvalue weighted by molar-refractivity contribution is 5.66. The van der Waals surface area contributed by atoms with Crippen molar-refractivity contribution < 1.29 is 14.5 Å². The van der Waals surface area contributed by atoms with E-state index in [1.165, 1.54) is 19.1 Å². The van der Waals surface area contributed by atoms with Crippen molar-refractivity contribution in [3.05, 3.63) is 39.4 Å². The summed E-state index contributed by atoms with van der Waals surface area (Å²) in [6, 6.07) is 4.66. The maximum Gasteiger partial charge on any atom is 0.302 e. The van der Waals surface area contributed by atoms with Gasteiger partial charge in [0, 0.05) is 19.1 Å². The number of ether oxygens (including phenoxy) is 1. The van der Waals surface area contributed by atoms with Crippen LogP contribution in [0.2, 0.25) is 0 Å². The summed E-state index contributed by atoms with van der Waals surface area (Å²) in [6.45, 7) is 1.36. The van der Waals surface area contributed by atoms with Crippen LogP contribution in [0.15, 0.2) is 18.2 Å². The lowest BCUT2D eigenvalue weighted by atomic mass is 9.93. The fraction of sp³-hybridized carbons (Fsp3) is 0.417. The van der Waals surface area contributed by atoms with Crippen LogP contribution in [0.25, 0.3) is 0 Å². The number of carbonyl (C=O) groups is 1. The molecule has 96 valence electrons. The fourth-order valence-corrected chi connectivity index (χ4v) is 2.23. The number of non-ortho nitro benzene ring substituents is 1. The minimum absolute atomic E-state index is 0.00769. The number of nitro groups is 1. The van der Waals surface area contributed by atoms with Crippen molar-refractivity contribution in [2.24, 2.45) is 5.73 Å². The van der Waals surface area contributed by atoms with Crippen LogP contribution in [0.4, 0.5) is 5.69 Å². The lowest BCUT2D eigenvalue weighted by Gasteiger charge is -2.24. The molecule has 6 heteroatoms. The first-order valence-corrected chi connectivity index (χ1v) is 5.62. The summed E-state index contributed by atoms with van der Waals surface area (Å²) >= 11 is 0. The highest BCUT2D eigenvalue weighted by Crippen LogP contribution is 2.37. The molecule has 0 unspecified atom stereocenters. The third-order valence-corrected chi connectivity index (χ3v) is 3.21. The van der Waals surface area contributed by atoms with Crippen LogP contribution in [0, 0.1) is 10.1 Å². The van der Waals surface area contributed by atoms with Gasteiger partial charge in [0.15, 0.2) is 0 Å². The van der Waals surface area contributed by atoms with Crippen molar-refractivity contribution in [1.82, 2.24) is 0 Å². The number of nitrogens with two attached hydrogens (primary N) is 1. The molecule has 0 aliphatic heterocycles. The Bertz CT molecular complexity index is 515. The average Bonchev–Trinajstić information content (AvgIpc) is 2.65. The van der Waals surface area contributed by atoms with Crippen LogP contribution in [-0.2, 0) is 21.5 Å². The maximum atomic E-state index is 10.8. The molecule has 0 radical (unpaired) electrons. The van der Waals surface area contributed by atoms with Gasteiger partial charge in [-0.1, -0.05) is 6.07 Å². The molecule has 0 fully saturated rings. The zero-order valence-corrected chi connectivity index (χ0v) is 10.0. The Labute approximate surface area is 104 Å². The number of hydrogen-bond donors (Lipinski definition) is 1. The van der Waals surface area contributed by atoms with Crippen LogP contribution < -0.4 is 5.73 Å². The van der Waals surface area contributed by atoms with E-state index in [-0.39, 0.29) is 12.3 Å². The van der Waals surface area contributed by atoms with E-state index in [2.05, 4.69) is 0 Å². The minimum Gasteiger partial charge on any atom is -0.464 e.